The van der Waals surface area contributed by atoms with Crippen molar-refractivity contribution in [2.45, 2.75) is 45.5 Å². The predicted octanol–water partition coefficient (Wildman–Crippen LogP) is 1.89. The van der Waals surface area contributed by atoms with Crippen molar-refractivity contribution in [1.29, 1.82) is 0 Å². The zero-order chi connectivity index (χ0) is 12.8. The Labute approximate surface area is 111 Å². The third-order valence-electron chi connectivity index (χ3n) is 3.91. The molecule has 0 saturated carbocycles. The first-order valence-electron chi connectivity index (χ1n) is 7.40. The van der Waals surface area contributed by atoms with Crippen molar-refractivity contribution in [2.24, 2.45) is 5.92 Å². The Morgan fingerprint density at radius 3 is 2.72 bits per heavy atom. The highest BCUT2D eigenvalue weighted by molar-refractivity contribution is 4.83. The molecule has 0 radical (unpaired) electrons. The number of likely N-dealkylation sites (tertiary alicyclic amines) is 1. The minimum Gasteiger partial charge on any atom is -0.378 e. The van der Waals surface area contributed by atoms with Crippen LogP contribution in [0.5, 0.6) is 0 Å². The summed E-state index contributed by atoms with van der Waals surface area (Å²) < 4.78 is 17.1. The normalized spacial score (nSPS) is 29.5. The Balaban J connectivity index is 1.78. The van der Waals surface area contributed by atoms with Gasteiger partial charge < -0.3 is 14.2 Å². The summed E-state index contributed by atoms with van der Waals surface area (Å²) in [6.07, 6.45) is 4.13. The van der Waals surface area contributed by atoms with Crippen molar-refractivity contribution >= 4 is 0 Å². The van der Waals surface area contributed by atoms with Gasteiger partial charge in [0.05, 0.1) is 6.10 Å². The van der Waals surface area contributed by atoms with E-state index >= 15 is 0 Å². The van der Waals surface area contributed by atoms with Gasteiger partial charge in [-0.25, -0.2) is 0 Å². The molecule has 2 saturated heterocycles. The second-order valence-electron chi connectivity index (χ2n) is 5.20. The van der Waals surface area contributed by atoms with Crippen molar-refractivity contribution in [3.8, 4) is 0 Å². The van der Waals surface area contributed by atoms with E-state index < -0.39 is 0 Å². The van der Waals surface area contributed by atoms with E-state index in [1.165, 1.54) is 12.8 Å². The van der Waals surface area contributed by atoms with Crippen LogP contribution in [0.15, 0.2) is 0 Å². The molecule has 0 aliphatic carbocycles. The molecule has 106 valence electrons. The Bertz CT molecular complexity index is 231. The van der Waals surface area contributed by atoms with Crippen LogP contribution in [-0.2, 0) is 14.2 Å². The standard InChI is InChI=1S/C14H27NO3/c1-3-16-14(17-4-2)11-15-8-7-13-12(10-15)6-5-9-18-13/h12-14H,3-11H2,1-2H3/t12-,13+/m0/s1. The molecule has 4 nitrogen and oxygen atoms in total. The van der Waals surface area contributed by atoms with E-state index in [0.717, 1.165) is 38.6 Å². The Hall–Kier alpha value is -0.160. The molecule has 0 N–H and O–H groups in total. The number of ether oxygens (including phenoxy) is 3. The molecule has 18 heavy (non-hydrogen) atoms. The maximum Gasteiger partial charge on any atom is 0.170 e. The van der Waals surface area contributed by atoms with Crippen molar-refractivity contribution < 1.29 is 14.2 Å². The van der Waals surface area contributed by atoms with Gasteiger partial charge in [0.1, 0.15) is 0 Å². The molecule has 2 heterocycles. The fraction of sp³-hybridized carbons (Fsp3) is 1.00. The Kier molecular flexibility index (Phi) is 5.89. The van der Waals surface area contributed by atoms with E-state index in [9.17, 15) is 0 Å². The average molecular weight is 257 g/mol. The van der Waals surface area contributed by atoms with E-state index in [1.54, 1.807) is 0 Å². The molecule has 0 bridgehead atoms. The van der Waals surface area contributed by atoms with Crippen LogP contribution in [-0.4, -0.2) is 56.7 Å². The highest BCUT2D eigenvalue weighted by atomic mass is 16.7. The first kappa shape index (κ1) is 14.3. The molecular weight excluding hydrogens is 230 g/mol. The molecule has 2 aliphatic rings. The average Bonchev–Trinajstić information content (AvgIpc) is 2.39. The first-order valence-corrected chi connectivity index (χ1v) is 7.40. The van der Waals surface area contributed by atoms with Gasteiger partial charge in [0.25, 0.3) is 0 Å². The summed E-state index contributed by atoms with van der Waals surface area (Å²) in [4.78, 5) is 2.48. The molecule has 0 spiro atoms. The zero-order valence-corrected chi connectivity index (χ0v) is 11.8. The summed E-state index contributed by atoms with van der Waals surface area (Å²) >= 11 is 0. The molecule has 2 aliphatic heterocycles. The van der Waals surface area contributed by atoms with E-state index in [4.69, 9.17) is 14.2 Å². The maximum atomic E-state index is 5.84. The van der Waals surface area contributed by atoms with E-state index in [0.29, 0.717) is 19.3 Å². The molecule has 2 atom stereocenters. The maximum absolute atomic E-state index is 5.84. The van der Waals surface area contributed by atoms with Crippen molar-refractivity contribution in [3.05, 3.63) is 0 Å². The number of hydrogen-bond acceptors (Lipinski definition) is 4. The highest BCUT2D eigenvalue weighted by Crippen LogP contribution is 2.28. The van der Waals surface area contributed by atoms with Gasteiger partial charge in [-0.15, -0.1) is 0 Å². The summed E-state index contributed by atoms with van der Waals surface area (Å²) in [5.41, 5.74) is 0. The third-order valence-corrected chi connectivity index (χ3v) is 3.91. The lowest BCUT2D eigenvalue weighted by atomic mass is 9.88. The monoisotopic (exact) mass is 257 g/mol. The van der Waals surface area contributed by atoms with E-state index in [-0.39, 0.29) is 6.29 Å². The summed E-state index contributed by atoms with van der Waals surface area (Å²) in [5.74, 6) is 0.719. The molecule has 2 rings (SSSR count). The molecule has 0 amide bonds. The molecule has 0 aromatic heterocycles. The second kappa shape index (κ2) is 7.43. The fourth-order valence-corrected chi connectivity index (χ4v) is 3.06. The van der Waals surface area contributed by atoms with Crippen molar-refractivity contribution in [3.63, 3.8) is 0 Å². The third kappa shape index (κ3) is 3.92. The lowest BCUT2D eigenvalue weighted by Gasteiger charge is -2.41. The summed E-state index contributed by atoms with van der Waals surface area (Å²) in [7, 11) is 0. The zero-order valence-electron chi connectivity index (χ0n) is 11.8. The van der Waals surface area contributed by atoms with Gasteiger partial charge >= 0.3 is 0 Å². The fourth-order valence-electron chi connectivity index (χ4n) is 3.06. The number of piperidine rings is 1. The molecule has 0 aromatic rings. The highest BCUT2D eigenvalue weighted by Gasteiger charge is 2.32. The van der Waals surface area contributed by atoms with Crippen LogP contribution < -0.4 is 0 Å². The van der Waals surface area contributed by atoms with E-state index in [2.05, 4.69) is 4.90 Å². The molecule has 4 heteroatoms. The summed E-state index contributed by atoms with van der Waals surface area (Å²) in [6, 6.07) is 0. The van der Waals surface area contributed by atoms with Crippen LogP contribution >= 0.6 is 0 Å². The van der Waals surface area contributed by atoms with Crippen LogP contribution in [0.1, 0.15) is 33.1 Å². The van der Waals surface area contributed by atoms with Crippen LogP contribution in [0.2, 0.25) is 0 Å². The van der Waals surface area contributed by atoms with Crippen LogP contribution in [0.4, 0.5) is 0 Å². The summed E-state index contributed by atoms with van der Waals surface area (Å²) in [5, 5.41) is 0. The van der Waals surface area contributed by atoms with Crippen molar-refractivity contribution in [1.82, 2.24) is 4.90 Å². The largest absolute Gasteiger partial charge is 0.378 e. The van der Waals surface area contributed by atoms with Crippen molar-refractivity contribution in [2.75, 3.05) is 39.5 Å². The van der Waals surface area contributed by atoms with Gasteiger partial charge in [0.2, 0.25) is 0 Å². The summed E-state index contributed by atoms with van der Waals surface area (Å²) in [6.45, 7) is 9.58. The van der Waals surface area contributed by atoms with Gasteiger partial charge in [-0.05, 0) is 39.0 Å². The van der Waals surface area contributed by atoms with Crippen LogP contribution in [0.25, 0.3) is 0 Å². The quantitative estimate of drug-likeness (QED) is 0.680. The molecular formula is C14H27NO3. The van der Waals surface area contributed by atoms with Gasteiger partial charge in [0.15, 0.2) is 6.29 Å². The lowest BCUT2D eigenvalue weighted by molar-refractivity contribution is -0.156. The minimum absolute atomic E-state index is 0.0685. The predicted molar refractivity (Wildman–Crippen MR) is 70.6 cm³/mol. The molecule has 0 unspecified atom stereocenters. The minimum atomic E-state index is -0.0685. The number of nitrogens with zero attached hydrogens (tertiary/aromatic N) is 1. The molecule has 2 fully saturated rings. The van der Waals surface area contributed by atoms with Gasteiger partial charge in [-0.2, -0.15) is 0 Å². The van der Waals surface area contributed by atoms with Crippen LogP contribution in [0, 0.1) is 5.92 Å². The number of rotatable bonds is 6. The molecule has 0 aromatic carbocycles. The van der Waals surface area contributed by atoms with Gasteiger partial charge in [-0.1, -0.05) is 0 Å². The Morgan fingerprint density at radius 1 is 1.22 bits per heavy atom. The topological polar surface area (TPSA) is 30.9 Å². The first-order chi connectivity index (χ1) is 8.83. The number of hydrogen-bond donors (Lipinski definition) is 0. The van der Waals surface area contributed by atoms with Gasteiger partial charge in [-0.3, -0.25) is 4.90 Å². The van der Waals surface area contributed by atoms with E-state index in [1.807, 2.05) is 13.8 Å². The van der Waals surface area contributed by atoms with Gasteiger partial charge in [0, 0.05) is 39.5 Å². The SMILES string of the molecule is CCOC(CN1CC[C@H]2OCCC[C@H]2C1)OCC. The smallest absolute Gasteiger partial charge is 0.170 e. The Morgan fingerprint density at radius 2 is 2.00 bits per heavy atom. The lowest BCUT2D eigenvalue weighted by Crippen LogP contribution is -2.49. The second-order valence-corrected chi connectivity index (χ2v) is 5.20. The van der Waals surface area contributed by atoms with Crippen LogP contribution in [0.3, 0.4) is 0 Å². The number of fused-ring (bicyclic) bond motifs is 1.